The van der Waals surface area contributed by atoms with Gasteiger partial charge in [-0.15, -0.1) is 0 Å². The molecule has 0 saturated heterocycles. The molecule has 0 unspecified atom stereocenters. The van der Waals surface area contributed by atoms with Crippen LogP contribution in [-0.2, 0) is 13.1 Å². The first-order valence-corrected chi connectivity index (χ1v) is 6.72. The van der Waals surface area contributed by atoms with Crippen molar-refractivity contribution in [2.24, 2.45) is 0 Å². The fourth-order valence-corrected chi connectivity index (χ4v) is 2.33. The quantitative estimate of drug-likeness (QED) is 0.788. The molecule has 0 bridgehead atoms. The Kier molecular flexibility index (Phi) is 3.88. The summed E-state index contributed by atoms with van der Waals surface area (Å²) in [4.78, 5) is 4.36. The van der Waals surface area contributed by atoms with Crippen molar-refractivity contribution >= 4 is 10.9 Å². The largest absolute Gasteiger partial charge is 0.308 e. The molecular formula is C17H14F2N2. The molecule has 2 nitrogen and oxygen atoms in total. The first-order chi connectivity index (χ1) is 10.3. The van der Waals surface area contributed by atoms with Crippen molar-refractivity contribution in [1.29, 1.82) is 0 Å². The number of benzene rings is 2. The maximum absolute atomic E-state index is 13.6. The van der Waals surface area contributed by atoms with Crippen molar-refractivity contribution in [3.8, 4) is 0 Å². The van der Waals surface area contributed by atoms with Crippen LogP contribution in [0.15, 0.2) is 54.7 Å². The standard InChI is InChI=1S/C17H14F2N2/c18-15-8-2-5-13(16(15)19)10-20-11-14-6-1-4-12-7-3-9-21-17(12)14/h1-9,20H,10-11H2. The molecule has 0 aliphatic heterocycles. The van der Waals surface area contributed by atoms with Gasteiger partial charge in [-0.25, -0.2) is 8.78 Å². The average Bonchev–Trinajstić information content (AvgIpc) is 2.52. The molecule has 0 fully saturated rings. The summed E-state index contributed by atoms with van der Waals surface area (Å²) in [6.45, 7) is 0.817. The Morgan fingerprint density at radius 3 is 2.48 bits per heavy atom. The summed E-state index contributed by atoms with van der Waals surface area (Å²) < 4.78 is 26.7. The molecule has 0 spiro atoms. The van der Waals surface area contributed by atoms with E-state index in [1.807, 2.05) is 30.3 Å². The van der Waals surface area contributed by atoms with Crippen molar-refractivity contribution in [2.75, 3.05) is 0 Å². The first-order valence-electron chi connectivity index (χ1n) is 6.72. The van der Waals surface area contributed by atoms with E-state index in [2.05, 4.69) is 10.3 Å². The third-order valence-electron chi connectivity index (χ3n) is 3.38. The third kappa shape index (κ3) is 2.90. The lowest BCUT2D eigenvalue weighted by molar-refractivity contribution is 0.493. The van der Waals surface area contributed by atoms with Crippen LogP contribution in [-0.4, -0.2) is 4.98 Å². The molecule has 1 aromatic heterocycles. The Hall–Kier alpha value is -2.33. The molecule has 1 N–H and O–H groups in total. The molecule has 1 heterocycles. The molecule has 0 saturated carbocycles. The van der Waals surface area contributed by atoms with Crippen molar-refractivity contribution in [3.63, 3.8) is 0 Å². The van der Waals surface area contributed by atoms with Crippen LogP contribution in [0.3, 0.4) is 0 Å². The van der Waals surface area contributed by atoms with Gasteiger partial charge in [0.15, 0.2) is 11.6 Å². The zero-order valence-corrected chi connectivity index (χ0v) is 11.3. The number of rotatable bonds is 4. The van der Waals surface area contributed by atoms with Crippen LogP contribution in [0.2, 0.25) is 0 Å². The number of hydrogen-bond donors (Lipinski definition) is 1. The van der Waals surface area contributed by atoms with Gasteiger partial charge in [0.25, 0.3) is 0 Å². The minimum atomic E-state index is -0.818. The highest BCUT2D eigenvalue weighted by molar-refractivity contribution is 5.81. The van der Waals surface area contributed by atoms with E-state index in [0.717, 1.165) is 22.5 Å². The van der Waals surface area contributed by atoms with E-state index >= 15 is 0 Å². The Morgan fingerprint density at radius 2 is 1.57 bits per heavy atom. The second-order valence-corrected chi connectivity index (χ2v) is 4.81. The third-order valence-corrected chi connectivity index (χ3v) is 3.38. The van der Waals surface area contributed by atoms with Gasteiger partial charge in [0.05, 0.1) is 5.52 Å². The van der Waals surface area contributed by atoms with E-state index in [0.29, 0.717) is 12.1 Å². The topological polar surface area (TPSA) is 24.9 Å². The predicted octanol–water partition coefficient (Wildman–Crippen LogP) is 3.80. The first kappa shape index (κ1) is 13.6. The zero-order valence-electron chi connectivity index (χ0n) is 11.3. The van der Waals surface area contributed by atoms with Crippen LogP contribution in [0, 0.1) is 11.6 Å². The molecule has 0 aliphatic carbocycles. The molecule has 2 aromatic carbocycles. The lowest BCUT2D eigenvalue weighted by Gasteiger charge is -2.08. The van der Waals surface area contributed by atoms with Crippen LogP contribution in [0.4, 0.5) is 8.78 Å². The summed E-state index contributed by atoms with van der Waals surface area (Å²) in [6, 6.07) is 14.0. The number of hydrogen-bond acceptors (Lipinski definition) is 2. The van der Waals surface area contributed by atoms with E-state index in [1.54, 1.807) is 12.3 Å². The Bertz CT molecular complexity index is 766. The number of nitrogens with zero attached hydrogens (tertiary/aromatic N) is 1. The highest BCUT2D eigenvalue weighted by atomic mass is 19.2. The highest BCUT2D eigenvalue weighted by Gasteiger charge is 2.07. The molecule has 3 rings (SSSR count). The van der Waals surface area contributed by atoms with Crippen LogP contribution in [0.1, 0.15) is 11.1 Å². The fourth-order valence-electron chi connectivity index (χ4n) is 2.33. The van der Waals surface area contributed by atoms with Crippen LogP contribution < -0.4 is 5.32 Å². The molecule has 4 heteroatoms. The lowest BCUT2D eigenvalue weighted by Crippen LogP contribution is -2.14. The van der Waals surface area contributed by atoms with Gasteiger partial charge in [-0.1, -0.05) is 36.4 Å². The molecule has 3 aromatic rings. The summed E-state index contributed by atoms with van der Waals surface area (Å²) in [5.74, 6) is -1.61. The second-order valence-electron chi connectivity index (χ2n) is 4.81. The Morgan fingerprint density at radius 1 is 0.857 bits per heavy atom. The van der Waals surface area contributed by atoms with E-state index < -0.39 is 11.6 Å². The number of pyridine rings is 1. The van der Waals surface area contributed by atoms with Gasteiger partial charge in [0, 0.05) is 30.2 Å². The Balaban J connectivity index is 1.74. The van der Waals surface area contributed by atoms with Crippen molar-refractivity contribution in [1.82, 2.24) is 10.3 Å². The van der Waals surface area contributed by atoms with Gasteiger partial charge >= 0.3 is 0 Å². The molecule has 0 aliphatic rings. The highest BCUT2D eigenvalue weighted by Crippen LogP contribution is 2.16. The van der Waals surface area contributed by atoms with Gasteiger partial charge in [-0.05, 0) is 17.7 Å². The smallest absolute Gasteiger partial charge is 0.163 e. The normalized spacial score (nSPS) is 11.0. The number of aromatic nitrogens is 1. The summed E-state index contributed by atoms with van der Waals surface area (Å²) in [5, 5.41) is 4.20. The summed E-state index contributed by atoms with van der Waals surface area (Å²) in [7, 11) is 0. The number of nitrogens with one attached hydrogen (secondary N) is 1. The van der Waals surface area contributed by atoms with Gasteiger partial charge in [-0.2, -0.15) is 0 Å². The summed E-state index contributed by atoms with van der Waals surface area (Å²) >= 11 is 0. The van der Waals surface area contributed by atoms with Crippen molar-refractivity contribution < 1.29 is 8.78 Å². The SMILES string of the molecule is Fc1cccc(CNCc2cccc3cccnc23)c1F. The summed E-state index contributed by atoms with van der Waals surface area (Å²) in [5.41, 5.74) is 2.28. The molecule has 106 valence electrons. The maximum Gasteiger partial charge on any atom is 0.163 e. The van der Waals surface area contributed by atoms with Gasteiger partial charge < -0.3 is 5.32 Å². The van der Waals surface area contributed by atoms with E-state index in [4.69, 9.17) is 0 Å². The van der Waals surface area contributed by atoms with E-state index in [-0.39, 0.29) is 6.54 Å². The maximum atomic E-state index is 13.6. The number of halogens is 2. The number of para-hydroxylation sites is 1. The zero-order chi connectivity index (χ0) is 14.7. The molecule has 21 heavy (non-hydrogen) atoms. The van der Waals surface area contributed by atoms with E-state index in [1.165, 1.54) is 6.07 Å². The molecule has 0 atom stereocenters. The van der Waals surface area contributed by atoms with Crippen molar-refractivity contribution in [2.45, 2.75) is 13.1 Å². The summed E-state index contributed by atoms with van der Waals surface area (Å²) in [6.07, 6.45) is 1.75. The molecule has 0 radical (unpaired) electrons. The minimum absolute atomic E-state index is 0.271. The average molecular weight is 284 g/mol. The second kappa shape index (κ2) is 5.97. The number of fused-ring (bicyclic) bond motifs is 1. The van der Waals surface area contributed by atoms with Gasteiger partial charge in [-0.3, -0.25) is 4.98 Å². The Labute approximate surface area is 121 Å². The lowest BCUT2D eigenvalue weighted by atomic mass is 10.1. The minimum Gasteiger partial charge on any atom is -0.308 e. The van der Waals surface area contributed by atoms with Crippen molar-refractivity contribution in [3.05, 3.63) is 77.5 Å². The fraction of sp³-hybridized carbons (Fsp3) is 0.118. The van der Waals surface area contributed by atoms with Crippen LogP contribution in [0.25, 0.3) is 10.9 Å². The van der Waals surface area contributed by atoms with Crippen LogP contribution in [0.5, 0.6) is 0 Å². The monoisotopic (exact) mass is 284 g/mol. The van der Waals surface area contributed by atoms with Gasteiger partial charge in [0.1, 0.15) is 0 Å². The molecule has 0 amide bonds. The van der Waals surface area contributed by atoms with Gasteiger partial charge in [0.2, 0.25) is 0 Å². The molecular weight excluding hydrogens is 270 g/mol. The predicted molar refractivity (Wildman–Crippen MR) is 78.6 cm³/mol. The van der Waals surface area contributed by atoms with Crippen LogP contribution >= 0.6 is 0 Å². The van der Waals surface area contributed by atoms with E-state index in [9.17, 15) is 8.78 Å².